The van der Waals surface area contributed by atoms with Gasteiger partial charge in [-0.3, -0.25) is 4.90 Å². The quantitative estimate of drug-likeness (QED) is 0.542. The van der Waals surface area contributed by atoms with Crippen LogP contribution in [0.1, 0.15) is 30.1 Å². The first-order chi connectivity index (χ1) is 15.1. The molecule has 0 aliphatic carbocycles. The van der Waals surface area contributed by atoms with Gasteiger partial charge < -0.3 is 15.4 Å². The third-order valence-corrected chi connectivity index (χ3v) is 6.53. The molecular weight excluding hydrogens is 408 g/mol. The van der Waals surface area contributed by atoms with Crippen LogP contribution < -0.4 is 15.4 Å². The maximum atomic E-state index is 12.7. The largest absolute Gasteiger partial charge is 0.496 e. The first-order valence-corrected chi connectivity index (χ1v) is 11.5. The molecule has 2 N–H and O–H groups in total. The first kappa shape index (κ1) is 21.3. The molecule has 31 heavy (non-hydrogen) atoms. The van der Waals surface area contributed by atoms with Gasteiger partial charge in [-0.2, -0.15) is 0 Å². The minimum absolute atomic E-state index is 0.0778. The van der Waals surface area contributed by atoms with E-state index in [4.69, 9.17) is 4.74 Å². The lowest BCUT2D eigenvalue weighted by Gasteiger charge is -2.29. The van der Waals surface area contributed by atoms with Crippen molar-refractivity contribution < 1.29 is 9.53 Å². The highest BCUT2D eigenvalue weighted by Gasteiger charge is 2.26. The molecule has 162 valence electrons. The number of aromatic nitrogens is 1. The van der Waals surface area contributed by atoms with Gasteiger partial charge in [0, 0.05) is 34.4 Å². The number of ether oxygens (including phenoxy) is 1. The molecule has 0 spiro atoms. The van der Waals surface area contributed by atoms with Crippen LogP contribution in [0, 0.1) is 6.92 Å². The van der Waals surface area contributed by atoms with Gasteiger partial charge in [-0.05, 0) is 51.1 Å². The Morgan fingerprint density at radius 1 is 1.19 bits per heavy atom. The molecule has 4 rings (SSSR count). The molecule has 1 atom stereocenters. The number of carbonyl (C=O) groups excluding carboxylic acids is 1. The molecule has 3 aromatic rings. The average molecular weight is 437 g/mol. The fourth-order valence-corrected chi connectivity index (χ4v) is 4.81. The number of hydrogen-bond donors (Lipinski definition) is 2. The predicted molar refractivity (Wildman–Crippen MR) is 126 cm³/mol. The number of hydrogen-bond acceptors (Lipinski definition) is 5. The molecule has 1 aliphatic heterocycles. The van der Waals surface area contributed by atoms with Gasteiger partial charge in [0.25, 0.3) is 0 Å². The van der Waals surface area contributed by atoms with Crippen LogP contribution in [-0.4, -0.2) is 42.7 Å². The van der Waals surface area contributed by atoms with E-state index < -0.39 is 0 Å². The average Bonchev–Trinajstić information content (AvgIpc) is 3.47. The molecule has 1 unspecified atom stereocenters. The lowest BCUT2D eigenvalue weighted by atomic mass is 10.0. The number of rotatable bonds is 7. The van der Waals surface area contributed by atoms with E-state index in [-0.39, 0.29) is 12.1 Å². The zero-order valence-corrected chi connectivity index (χ0v) is 18.7. The summed E-state index contributed by atoms with van der Waals surface area (Å²) in [5.41, 5.74) is 3.85. The molecule has 1 aliphatic rings. The molecule has 1 saturated heterocycles. The third-order valence-electron chi connectivity index (χ3n) is 5.52. The summed E-state index contributed by atoms with van der Waals surface area (Å²) in [4.78, 5) is 19.6. The number of aryl methyl sites for hydroxylation is 1. The van der Waals surface area contributed by atoms with Crippen molar-refractivity contribution in [2.75, 3.05) is 32.1 Å². The van der Waals surface area contributed by atoms with Crippen LogP contribution in [0.2, 0.25) is 0 Å². The van der Waals surface area contributed by atoms with Crippen LogP contribution in [-0.2, 0) is 0 Å². The van der Waals surface area contributed by atoms with E-state index in [1.807, 2.05) is 54.8 Å². The van der Waals surface area contributed by atoms with E-state index in [0.29, 0.717) is 6.54 Å². The van der Waals surface area contributed by atoms with Gasteiger partial charge in [0.2, 0.25) is 0 Å². The maximum absolute atomic E-state index is 12.7. The zero-order valence-electron chi connectivity index (χ0n) is 17.9. The summed E-state index contributed by atoms with van der Waals surface area (Å²) in [6, 6.07) is 15.7. The van der Waals surface area contributed by atoms with Gasteiger partial charge in [-0.15, -0.1) is 11.3 Å². The van der Waals surface area contributed by atoms with Crippen LogP contribution >= 0.6 is 11.3 Å². The number of thiazole rings is 1. The molecule has 1 aromatic heterocycles. The second-order valence-electron chi connectivity index (χ2n) is 7.71. The number of urea groups is 1. The van der Waals surface area contributed by atoms with Crippen LogP contribution in [0.5, 0.6) is 5.75 Å². The van der Waals surface area contributed by atoms with Gasteiger partial charge in [0.1, 0.15) is 10.8 Å². The summed E-state index contributed by atoms with van der Waals surface area (Å²) in [5, 5.41) is 9.00. The predicted octanol–water partition coefficient (Wildman–Crippen LogP) is 5.09. The van der Waals surface area contributed by atoms with Crippen LogP contribution in [0.25, 0.3) is 10.6 Å². The Balaban J connectivity index is 1.43. The zero-order chi connectivity index (χ0) is 21.6. The maximum Gasteiger partial charge on any atom is 0.319 e. The van der Waals surface area contributed by atoms with Crippen molar-refractivity contribution in [1.82, 2.24) is 15.2 Å². The van der Waals surface area contributed by atoms with Gasteiger partial charge >= 0.3 is 6.03 Å². The summed E-state index contributed by atoms with van der Waals surface area (Å²) < 4.78 is 5.59. The van der Waals surface area contributed by atoms with Crippen molar-refractivity contribution in [3.8, 4) is 16.3 Å². The Hall–Kier alpha value is -2.90. The summed E-state index contributed by atoms with van der Waals surface area (Å²) in [6.45, 7) is 4.55. The topological polar surface area (TPSA) is 66.5 Å². The molecular formula is C24H28N4O2S. The van der Waals surface area contributed by atoms with Gasteiger partial charge in [-0.1, -0.05) is 30.3 Å². The number of nitrogens with zero attached hydrogens (tertiary/aromatic N) is 2. The number of benzene rings is 2. The Bertz CT molecular complexity index is 1030. The number of amides is 2. The molecule has 6 nitrogen and oxygen atoms in total. The molecule has 0 radical (unpaired) electrons. The Kier molecular flexibility index (Phi) is 6.84. The van der Waals surface area contributed by atoms with E-state index in [9.17, 15) is 4.79 Å². The van der Waals surface area contributed by atoms with E-state index >= 15 is 0 Å². The number of likely N-dealkylation sites (tertiary alicyclic amines) is 1. The van der Waals surface area contributed by atoms with Gasteiger partial charge in [-0.25, -0.2) is 9.78 Å². The minimum Gasteiger partial charge on any atom is -0.496 e. The second kappa shape index (κ2) is 9.94. The van der Waals surface area contributed by atoms with Crippen molar-refractivity contribution in [3.63, 3.8) is 0 Å². The van der Waals surface area contributed by atoms with Crippen LogP contribution in [0.15, 0.2) is 53.9 Å². The molecule has 2 heterocycles. The third kappa shape index (κ3) is 5.24. The van der Waals surface area contributed by atoms with Gasteiger partial charge in [0.05, 0.1) is 13.2 Å². The number of anilines is 1. The highest BCUT2D eigenvalue weighted by Crippen LogP contribution is 2.31. The van der Waals surface area contributed by atoms with E-state index in [1.165, 1.54) is 12.8 Å². The Labute approximate surface area is 187 Å². The summed E-state index contributed by atoms with van der Waals surface area (Å²) in [5.74, 6) is 0.855. The van der Waals surface area contributed by atoms with E-state index in [0.717, 1.165) is 46.4 Å². The SMILES string of the molecule is COc1ccccc1C(CNC(=O)Nc1cccc(-c2nc(C)cs2)c1)N1CCCC1. The Morgan fingerprint density at radius 3 is 2.74 bits per heavy atom. The number of carbonyl (C=O) groups is 1. The fraction of sp³-hybridized carbons (Fsp3) is 0.333. The van der Waals surface area contributed by atoms with Crippen molar-refractivity contribution in [3.05, 3.63) is 65.2 Å². The lowest BCUT2D eigenvalue weighted by Crippen LogP contribution is -2.38. The standard InChI is InChI=1S/C24H28N4O2S/c1-17-16-31-23(26-17)18-8-7-9-19(14-18)27-24(29)25-15-21(28-12-5-6-13-28)20-10-3-4-11-22(20)30-2/h3-4,7-11,14,16,21H,5-6,12-13,15H2,1-2H3,(H2,25,27,29). The number of methoxy groups -OCH3 is 1. The highest BCUT2D eigenvalue weighted by atomic mass is 32.1. The van der Waals surface area contributed by atoms with Crippen molar-refractivity contribution in [2.45, 2.75) is 25.8 Å². The fourth-order valence-electron chi connectivity index (χ4n) is 4.01. The van der Waals surface area contributed by atoms with Crippen molar-refractivity contribution in [1.29, 1.82) is 0 Å². The van der Waals surface area contributed by atoms with Crippen molar-refractivity contribution >= 4 is 23.1 Å². The van der Waals surface area contributed by atoms with Crippen molar-refractivity contribution in [2.24, 2.45) is 0 Å². The molecule has 0 saturated carbocycles. The second-order valence-corrected chi connectivity index (χ2v) is 8.57. The van der Waals surface area contributed by atoms with E-state index in [1.54, 1.807) is 18.4 Å². The lowest BCUT2D eigenvalue weighted by molar-refractivity contribution is 0.224. The smallest absolute Gasteiger partial charge is 0.319 e. The molecule has 0 bridgehead atoms. The van der Waals surface area contributed by atoms with E-state index in [2.05, 4.69) is 26.6 Å². The summed E-state index contributed by atoms with van der Waals surface area (Å²) >= 11 is 1.60. The summed E-state index contributed by atoms with van der Waals surface area (Å²) in [7, 11) is 1.69. The minimum atomic E-state index is -0.216. The normalized spacial score (nSPS) is 14.9. The molecule has 1 fully saturated rings. The number of nitrogens with one attached hydrogen (secondary N) is 2. The van der Waals surface area contributed by atoms with Gasteiger partial charge in [0.15, 0.2) is 0 Å². The van der Waals surface area contributed by atoms with Crippen LogP contribution in [0.4, 0.5) is 10.5 Å². The van der Waals surface area contributed by atoms with Crippen LogP contribution in [0.3, 0.4) is 0 Å². The Morgan fingerprint density at radius 2 is 2.00 bits per heavy atom. The number of para-hydroxylation sites is 1. The molecule has 7 heteroatoms. The molecule has 2 amide bonds. The summed E-state index contributed by atoms with van der Waals surface area (Å²) in [6.07, 6.45) is 2.36. The molecule has 2 aromatic carbocycles. The monoisotopic (exact) mass is 436 g/mol. The first-order valence-electron chi connectivity index (χ1n) is 10.6. The highest BCUT2D eigenvalue weighted by molar-refractivity contribution is 7.13.